The molecule has 0 N–H and O–H groups in total. The Bertz CT molecular complexity index is 590. The lowest BCUT2D eigenvalue weighted by atomic mass is 10.1. The van der Waals surface area contributed by atoms with Gasteiger partial charge in [0.15, 0.2) is 5.75 Å². The summed E-state index contributed by atoms with van der Waals surface area (Å²) in [5.41, 5.74) is 0.535. The highest BCUT2D eigenvalue weighted by Crippen LogP contribution is 2.31. The first-order chi connectivity index (χ1) is 10.0. The maximum Gasteiger partial charge on any atom is 0.337 e. The molecule has 1 aromatic carbocycles. The highest BCUT2D eigenvalue weighted by atomic mass is 16.6. The maximum atomic E-state index is 11.6. The predicted molar refractivity (Wildman–Crippen MR) is 79.1 cm³/mol. The summed E-state index contributed by atoms with van der Waals surface area (Å²) < 4.78 is 9.87. The van der Waals surface area contributed by atoms with Gasteiger partial charge in [0, 0.05) is 0 Å². The molecule has 0 fully saturated rings. The first-order valence-corrected chi connectivity index (χ1v) is 6.38. The van der Waals surface area contributed by atoms with Crippen LogP contribution in [0.2, 0.25) is 0 Å². The van der Waals surface area contributed by atoms with Gasteiger partial charge < -0.3 is 9.47 Å². The van der Waals surface area contributed by atoms with Crippen LogP contribution >= 0.6 is 0 Å². The van der Waals surface area contributed by atoms with Gasteiger partial charge >= 0.3 is 11.7 Å². The van der Waals surface area contributed by atoms with Crippen molar-refractivity contribution in [3.8, 4) is 5.75 Å². The van der Waals surface area contributed by atoms with Crippen LogP contribution in [0.5, 0.6) is 5.75 Å². The largest absolute Gasteiger partial charge is 0.490 e. The number of carbonyl (C=O) groups excluding carboxylic acids is 1. The SMILES string of the molecule is C/C=C(\C=C\c1cccc(OC)c1[N+](=O)[O-])C(=O)OCC. The van der Waals surface area contributed by atoms with E-state index in [0.717, 1.165) is 0 Å². The first kappa shape index (κ1) is 16.4. The summed E-state index contributed by atoms with van der Waals surface area (Å²) in [7, 11) is 1.37. The van der Waals surface area contributed by atoms with E-state index in [1.165, 1.54) is 25.3 Å². The van der Waals surface area contributed by atoms with Gasteiger partial charge in [-0.1, -0.05) is 12.1 Å². The second-order valence-corrected chi connectivity index (χ2v) is 3.95. The number of carbonyl (C=O) groups is 1. The molecule has 0 unspecified atom stereocenters. The number of nitrogens with zero attached hydrogens (tertiary/aromatic N) is 1. The number of allylic oxidation sites excluding steroid dienone is 1. The summed E-state index contributed by atoms with van der Waals surface area (Å²) >= 11 is 0. The van der Waals surface area contributed by atoms with Gasteiger partial charge in [-0.25, -0.2) is 4.79 Å². The number of rotatable bonds is 6. The monoisotopic (exact) mass is 291 g/mol. The minimum Gasteiger partial charge on any atom is -0.490 e. The van der Waals surface area contributed by atoms with E-state index in [9.17, 15) is 14.9 Å². The van der Waals surface area contributed by atoms with Crippen LogP contribution < -0.4 is 4.74 Å². The fraction of sp³-hybridized carbons (Fsp3) is 0.267. The van der Waals surface area contributed by atoms with E-state index < -0.39 is 10.9 Å². The smallest absolute Gasteiger partial charge is 0.337 e. The third-order valence-corrected chi connectivity index (χ3v) is 2.70. The topological polar surface area (TPSA) is 78.7 Å². The molecule has 0 aliphatic heterocycles. The predicted octanol–water partition coefficient (Wildman–Crippen LogP) is 3.13. The highest BCUT2D eigenvalue weighted by Gasteiger charge is 2.18. The summed E-state index contributed by atoms with van der Waals surface area (Å²) in [5.74, 6) is -0.304. The van der Waals surface area contributed by atoms with Crippen molar-refractivity contribution in [1.29, 1.82) is 0 Å². The molecule has 0 atom stereocenters. The highest BCUT2D eigenvalue weighted by molar-refractivity contribution is 5.93. The van der Waals surface area contributed by atoms with Crippen LogP contribution in [-0.2, 0) is 9.53 Å². The first-order valence-electron chi connectivity index (χ1n) is 6.38. The van der Waals surface area contributed by atoms with E-state index in [4.69, 9.17) is 9.47 Å². The van der Waals surface area contributed by atoms with E-state index in [0.29, 0.717) is 11.1 Å². The molecule has 0 aromatic heterocycles. The zero-order chi connectivity index (χ0) is 15.8. The average Bonchev–Trinajstić information content (AvgIpc) is 2.47. The van der Waals surface area contributed by atoms with Crippen LogP contribution in [0.25, 0.3) is 6.08 Å². The number of nitro benzene ring substituents is 1. The summed E-state index contributed by atoms with van der Waals surface area (Å²) in [6.45, 7) is 3.67. The van der Waals surface area contributed by atoms with Gasteiger partial charge in [0.25, 0.3) is 0 Å². The van der Waals surface area contributed by atoms with Crippen molar-refractivity contribution >= 4 is 17.7 Å². The third kappa shape index (κ3) is 4.17. The molecule has 0 aliphatic carbocycles. The van der Waals surface area contributed by atoms with Gasteiger partial charge in [0.2, 0.25) is 0 Å². The number of hydrogen-bond acceptors (Lipinski definition) is 5. The molecule has 6 heteroatoms. The Morgan fingerprint density at radius 1 is 1.43 bits per heavy atom. The zero-order valence-corrected chi connectivity index (χ0v) is 12.2. The average molecular weight is 291 g/mol. The zero-order valence-electron chi connectivity index (χ0n) is 12.2. The van der Waals surface area contributed by atoms with Gasteiger partial charge in [-0.15, -0.1) is 0 Å². The number of methoxy groups -OCH3 is 1. The number of para-hydroxylation sites is 1. The number of benzene rings is 1. The minimum atomic E-state index is -0.516. The van der Waals surface area contributed by atoms with E-state index in [2.05, 4.69) is 0 Å². The Kier molecular flexibility index (Phi) is 6.13. The maximum absolute atomic E-state index is 11.6. The Morgan fingerprint density at radius 3 is 2.67 bits per heavy atom. The molecule has 21 heavy (non-hydrogen) atoms. The van der Waals surface area contributed by atoms with Gasteiger partial charge in [0.1, 0.15) is 0 Å². The van der Waals surface area contributed by atoms with Crippen LogP contribution in [0.15, 0.2) is 35.9 Å². The fourth-order valence-electron chi connectivity index (χ4n) is 1.71. The molecule has 6 nitrogen and oxygen atoms in total. The van der Waals surface area contributed by atoms with Crippen molar-refractivity contribution in [3.63, 3.8) is 0 Å². The molecule has 0 spiro atoms. The quantitative estimate of drug-likeness (QED) is 0.264. The van der Waals surface area contributed by atoms with Gasteiger partial charge in [-0.3, -0.25) is 10.1 Å². The second-order valence-electron chi connectivity index (χ2n) is 3.95. The lowest BCUT2D eigenvalue weighted by molar-refractivity contribution is -0.386. The van der Waals surface area contributed by atoms with Crippen LogP contribution in [0.3, 0.4) is 0 Å². The molecule has 0 saturated heterocycles. The summed E-state index contributed by atoms with van der Waals surface area (Å²) in [6, 6.07) is 4.73. The lowest BCUT2D eigenvalue weighted by Gasteiger charge is -2.04. The number of ether oxygens (including phenoxy) is 2. The Hall–Kier alpha value is -2.63. The lowest BCUT2D eigenvalue weighted by Crippen LogP contribution is -2.05. The molecule has 0 saturated carbocycles. The summed E-state index contributed by atoms with van der Waals surface area (Å²) in [4.78, 5) is 22.3. The van der Waals surface area contributed by atoms with E-state index in [1.54, 1.807) is 32.1 Å². The van der Waals surface area contributed by atoms with Crippen molar-refractivity contribution in [3.05, 3.63) is 51.6 Å². The molecule has 1 aromatic rings. The molecule has 0 aliphatic rings. The summed E-state index contributed by atoms with van der Waals surface area (Å²) in [6.07, 6.45) is 4.56. The van der Waals surface area contributed by atoms with Crippen molar-refractivity contribution in [2.24, 2.45) is 0 Å². The van der Waals surface area contributed by atoms with Crippen LogP contribution in [0.4, 0.5) is 5.69 Å². The van der Waals surface area contributed by atoms with Crippen molar-refractivity contribution in [2.75, 3.05) is 13.7 Å². The van der Waals surface area contributed by atoms with Gasteiger partial charge in [-0.2, -0.15) is 0 Å². The second kappa shape index (κ2) is 7.84. The van der Waals surface area contributed by atoms with Gasteiger partial charge in [-0.05, 0) is 38.1 Å². The Morgan fingerprint density at radius 2 is 2.14 bits per heavy atom. The number of esters is 1. The third-order valence-electron chi connectivity index (χ3n) is 2.70. The number of nitro groups is 1. The fourth-order valence-corrected chi connectivity index (χ4v) is 1.71. The Labute approximate surface area is 122 Å². The van der Waals surface area contributed by atoms with Crippen LogP contribution in [0, 0.1) is 10.1 Å². The molecular weight excluding hydrogens is 274 g/mol. The van der Waals surface area contributed by atoms with Crippen molar-refractivity contribution in [1.82, 2.24) is 0 Å². The van der Waals surface area contributed by atoms with Crippen molar-refractivity contribution in [2.45, 2.75) is 13.8 Å². The van der Waals surface area contributed by atoms with Crippen LogP contribution in [0.1, 0.15) is 19.4 Å². The van der Waals surface area contributed by atoms with E-state index in [-0.39, 0.29) is 18.0 Å². The van der Waals surface area contributed by atoms with E-state index in [1.807, 2.05) is 0 Å². The standard InChI is InChI=1S/C15H17NO5/c1-4-11(15(17)21-5-2)9-10-12-7-6-8-13(20-3)14(12)16(18)19/h4,6-10H,5H2,1-3H3/b10-9+,11-4+. The normalized spacial score (nSPS) is 11.5. The van der Waals surface area contributed by atoms with Crippen molar-refractivity contribution < 1.29 is 19.2 Å². The molecule has 0 heterocycles. The molecule has 0 radical (unpaired) electrons. The molecule has 112 valence electrons. The molecule has 1 rings (SSSR count). The molecule has 0 bridgehead atoms. The van der Waals surface area contributed by atoms with Gasteiger partial charge in [0.05, 0.1) is 29.8 Å². The minimum absolute atomic E-state index is 0.143. The van der Waals surface area contributed by atoms with Crippen LogP contribution in [-0.4, -0.2) is 24.6 Å². The summed E-state index contributed by atoms with van der Waals surface area (Å²) in [5, 5.41) is 11.1. The number of hydrogen-bond donors (Lipinski definition) is 0. The molecular formula is C15H17NO5. The molecule has 0 amide bonds. The van der Waals surface area contributed by atoms with E-state index >= 15 is 0 Å². The Balaban J connectivity index is 3.15.